The summed E-state index contributed by atoms with van der Waals surface area (Å²) in [5.41, 5.74) is 0.208. The summed E-state index contributed by atoms with van der Waals surface area (Å²) in [6, 6.07) is 1.28. The van der Waals surface area contributed by atoms with Gasteiger partial charge in [0.1, 0.15) is 13.3 Å². The molecular weight excluding hydrogens is 106 g/mol. The summed E-state index contributed by atoms with van der Waals surface area (Å²) >= 11 is 0. The first-order chi connectivity index (χ1) is 4.20. The highest BCUT2D eigenvalue weighted by Gasteiger charge is 1.98. The Kier molecular flexibility index (Phi) is 0.850. The van der Waals surface area contributed by atoms with Crippen LogP contribution in [0.3, 0.4) is 0 Å². The molecule has 0 bridgehead atoms. The zero-order valence-corrected chi connectivity index (χ0v) is 4.34. The lowest BCUT2D eigenvalue weighted by Gasteiger charge is -1.76. The average molecular weight is 112 g/mol. The van der Waals surface area contributed by atoms with Gasteiger partial charge in [-0.3, -0.25) is 4.79 Å². The maximum absolute atomic E-state index is 10.5. The number of carbonyl (C=O) groups is 1. The van der Waals surface area contributed by atoms with Crippen molar-refractivity contribution in [3.8, 4) is 0 Å². The van der Waals surface area contributed by atoms with Crippen LogP contribution < -0.4 is 0 Å². The minimum atomic E-state index is -0.183. The highest BCUT2D eigenvalue weighted by Crippen LogP contribution is 1.93. The summed E-state index contributed by atoms with van der Waals surface area (Å²) in [7, 11) is 0. The van der Waals surface area contributed by atoms with E-state index in [2.05, 4.69) is 9.68 Å². The molecule has 0 N–H and O–H groups in total. The number of carbonyl (C=O) groups excluding carboxylic acids is 1. The van der Waals surface area contributed by atoms with Crippen molar-refractivity contribution in [2.45, 2.75) is 6.92 Å². The first-order valence-corrected chi connectivity index (χ1v) is 2.14. The lowest BCUT2D eigenvalue weighted by atomic mass is 10.3. The van der Waals surface area contributed by atoms with E-state index in [-0.39, 0.29) is 17.7 Å². The van der Waals surface area contributed by atoms with Gasteiger partial charge in [-0.1, -0.05) is 5.16 Å². The van der Waals surface area contributed by atoms with E-state index >= 15 is 0 Å². The quantitative estimate of drug-likeness (QED) is 0.506. The predicted octanol–water partition coefficient (Wildman–Crippen LogP) is 0.877. The molecule has 3 nitrogen and oxygen atoms in total. The molecule has 0 amide bonds. The van der Waals surface area contributed by atoms with Crippen LogP contribution in [0.25, 0.3) is 0 Å². The highest BCUT2D eigenvalue weighted by molar-refractivity contribution is 5.91. The van der Waals surface area contributed by atoms with Crippen LogP contribution >= 0.6 is 0 Å². The lowest BCUT2D eigenvalue weighted by molar-refractivity contribution is 0.100. The molecule has 0 saturated heterocycles. The van der Waals surface area contributed by atoms with Gasteiger partial charge in [0.15, 0.2) is 5.78 Å². The van der Waals surface area contributed by atoms with Crippen molar-refractivity contribution in [3.05, 3.63) is 18.0 Å². The molecule has 1 heterocycles. The van der Waals surface area contributed by atoms with Gasteiger partial charge in [0.25, 0.3) is 0 Å². The molecule has 0 aliphatic carbocycles. The Bertz CT molecular complexity index is 231. The summed E-state index contributed by atoms with van der Waals surface area (Å²) < 4.78 is 11.1. The van der Waals surface area contributed by atoms with Crippen LogP contribution in [-0.4, -0.2) is 10.9 Å². The first-order valence-electron chi connectivity index (χ1n) is 2.64. The van der Waals surface area contributed by atoms with Crippen LogP contribution in [-0.2, 0) is 0 Å². The maximum atomic E-state index is 10.5. The normalized spacial score (nSPS) is 10.9. The number of Topliss-reactive ketones (excluding diaryl/α,β-unsaturated/α-hetero) is 1. The number of hydrogen-bond acceptors (Lipinski definition) is 3. The van der Waals surface area contributed by atoms with Crippen LogP contribution in [0.2, 0.25) is 0 Å². The van der Waals surface area contributed by atoms with Crippen LogP contribution in [0.4, 0.5) is 0 Å². The SMILES string of the molecule is [2H]c1cc(C(C)=O)no1. The Morgan fingerprint density at radius 3 is 3.12 bits per heavy atom. The summed E-state index contributed by atoms with van der Waals surface area (Å²) in [5, 5.41) is 3.30. The Balaban J connectivity index is 2.98. The zero-order chi connectivity index (χ0) is 6.85. The fourth-order valence-corrected chi connectivity index (χ4v) is 0.350. The molecule has 0 aliphatic heterocycles. The summed E-state index contributed by atoms with van der Waals surface area (Å²) in [6.45, 7) is 1.37. The third kappa shape index (κ3) is 0.753. The van der Waals surface area contributed by atoms with Crippen LogP contribution in [0.5, 0.6) is 0 Å². The lowest BCUT2D eigenvalue weighted by Crippen LogP contribution is -1.89. The highest BCUT2D eigenvalue weighted by atomic mass is 16.5. The van der Waals surface area contributed by atoms with Crippen molar-refractivity contribution in [1.82, 2.24) is 5.16 Å². The molecular formula is C5H5NO2. The van der Waals surface area contributed by atoms with Gasteiger partial charge in [0, 0.05) is 13.0 Å². The second-order valence-corrected chi connectivity index (χ2v) is 1.39. The van der Waals surface area contributed by atoms with Gasteiger partial charge < -0.3 is 4.52 Å². The zero-order valence-electron chi connectivity index (χ0n) is 5.34. The molecule has 0 fully saturated rings. The van der Waals surface area contributed by atoms with E-state index < -0.39 is 0 Å². The minimum Gasteiger partial charge on any atom is -0.364 e. The second-order valence-electron chi connectivity index (χ2n) is 1.39. The topological polar surface area (TPSA) is 43.1 Å². The summed E-state index contributed by atoms with van der Waals surface area (Å²) in [5.74, 6) is -0.183. The third-order valence-corrected chi connectivity index (χ3v) is 0.753. The monoisotopic (exact) mass is 112 g/mol. The minimum absolute atomic E-state index is 0.0831. The fraction of sp³-hybridized carbons (Fsp3) is 0.200. The van der Waals surface area contributed by atoms with Crippen LogP contribution in [0.1, 0.15) is 18.8 Å². The largest absolute Gasteiger partial charge is 0.364 e. The predicted molar refractivity (Wildman–Crippen MR) is 26.5 cm³/mol. The Morgan fingerprint density at radius 1 is 2.12 bits per heavy atom. The number of hydrogen-bond donors (Lipinski definition) is 0. The van der Waals surface area contributed by atoms with Crippen LogP contribution in [0, 0.1) is 0 Å². The van der Waals surface area contributed by atoms with Crippen molar-refractivity contribution < 1.29 is 10.7 Å². The van der Waals surface area contributed by atoms with Crippen molar-refractivity contribution in [1.29, 1.82) is 0 Å². The smallest absolute Gasteiger partial charge is 0.181 e. The molecule has 0 atom stereocenters. The third-order valence-electron chi connectivity index (χ3n) is 0.753. The molecule has 0 saturated carbocycles. The van der Waals surface area contributed by atoms with E-state index in [0.717, 1.165) is 0 Å². The van der Waals surface area contributed by atoms with Crippen molar-refractivity contribution >= 4 is 5.78 Å². The molecule has 0 radical (unpaired) electrons. The van der Waals surface area contributed by atoms with E-state index in [1.54, 1.807) is 0 Å². The van der Waals surface area contributed by atoms with E-state index in [4.69, 9.17) is 1.37 Å². The van der Waals surface area contributed by atoms with Gasteiger partial charge in [0.2, 0.25) is 0 Å². The number of aromatic nitrogens is 1. The maximum Gasteiger partial charge on any atom is 0.181 e. The van der Waals surface area contributed by atoms with E-state index in [0.29, 0.717) is 0 Å². The number of rotatable bonds is 1. The van der Waals surface area contributed by atoms with E-state index in [1.807, 2.05) is 0 Å². The van der Waals surface area contributed by atoms with Gasteiger partial charge in [-0.25, -0.2) is 0 Å². The first kappa shape index (κ1) is 3.83. The molecule has 1 aromatic heterocycles. The standard InChI is InChI=1S/C5H5NO2/c1-4(7)5-2-3-8-6-5/h2-3H,1H3/i3D. The molecule has 3 heteroatoms. The van der Waals surface area contributed by atoms with Gasteiger partial charge in [0.05, 0.1) is 0 Å². The summed E-state index contributed by atoms with van der Waals surface area (Å²) in [4.78, 5) is 10.5. The van der Waals surface area contributed by atoms with E-state index in [1.165, 1.54) is 13.0 Å². The van der Waals surface area contributed by atoms with Gasteiger partial charge in [-0.2, -0.15) is 0 Å². The fourth-order valence-electron chi connectivity index (χ4n) is 0.350. The van der Waals surface area contributed by atoms with Crippen molar-refractivity contribution in [2.24, 2.45) is 0 Å². The van der Waals surface area contributed by atoms with Crippen molar-refractivity contribution in [3.63, 3.8) is 0 Å². The van der Waals surface area contributed by atoms with Gasteiger partial charge >= 0.3 is 0 Å². The van der Waals surface area contributed by atoms with Gasteiger partial charge in [-0.05, 0) is 0 Å². The Morgan fingerprint density at radius 2 is 2.88 bits per heavy atom. The summed E-state index contributed by atoms with van der Waals surface area (Å²) in [6.07, 6.45) is -0.0831. The number of ketones is 1. The molecule has 8 heavy (non-hydrogen) atoms. The Hall–Kier alpha value is -1.12. The molecule has 0 aromatic carbocycles. The molecule has 1 aromatic rings. The van der Waals surface area contributed by atoms with Crippen LogP contribution in [0.15, 0.2) is 16.8 Å². The second kappa shape index (κ2) is 1.78. The molecule has 0 unspecified atom stereocenters. The van der Waals surface area contributed by atoms with Crippen molar-refractivity contribution in [2.75, 3.05) is 0 Å². The molecule has 0 aliphatic rings. The van der Waals surface area contributed by atoms with Gasteiger partial charge in [-0.15, -0.1) is 0 Å². The average Bonchev–Trinajstić information content (AvgIpc) is 2.14. The Labute approximate surface area is 47.7 Å². The molecule has 42 valence electrons. The number of nitrogens with zero attached hydrogens (tertiary/aromatic N) is 1. The van der Waals surface area contributed by atoms with E-state index in [9.17, 15) is 4.79 Å². The molecule has 0 spiro atoms. The molecule has 1 rings (SSSR count).